The van der Waals surface area contributed by atoms with Crippen molar-refractivity contribution in [1.29, 1.82) is 0 Å². The number of aromatic amines is 2. The normalized spacial score (nSPS) is 11.8. The molecule has 1 heterocycles. The number of benzene rings is 1. The number of carbonyl (C=O) groups excluding carboxylic acids is 1. The summed E-state index contributed by atoms with van der Waals surface area (Å²) in [6.07, 6.45) is 0. The minimum absolute atomic E-state index is 0.0985. The number of amides is 1. The maximum atomic E-state index is 12.2. The van der Waals surface area contributed by atoms with Crippen molar-refractivity contribution in [2.75, 3.05) is 12.3 Å². The van der Waals surface area contributed by atoms with Crippen LogP contribution in [-0.4, -0.2) is 28.5 Å². The number of nitrogen functional groups attached to an aromatic ring is 1. The summed E-state index contributed by atoms with van der Waals surface area (Å²) in [6, 6.07) is 2.80. The van der Waals surface area contributed by atoms with Crippen LogP contribution in [0.5, 0.6) is 5.75 Å². The van der Waals surface area contributed by atoms with Crippen LogP contribution in [-0.2, 0) is 0 Å². The minimum atomic E-state index is -0.832. The highest BCUT2D eigenvalue weighted by atomic mass is 35.5. The lowest BCUT2D eigenvalue weighted by Crippen LogP contribution is -2.40. The van der Waals surface area contributed by atoms with Crippen molar-refractivity contribution in [3.8, 4) is 5.75 Å². The van der Waals surface area contributed by atoms with Crippen molar-refractivity contribution in [3.63, 3.8) is 0 Å². The zero-order chi connectivity index (χ0) is 18.7. The van der Waals surface area contributed by atoms with Crippen molar-refractivity contribution < 1.29 is 9.53 Å². The fraction of sp³-hybridized carbons (Fsp3) is 0.267. The number of aromatic nitrogens is 2. The summed E-state index contributed by atoms with van der Waals surface area (Å²) < 4.78 is 5.62. The number of halogens is 2. The molecule has 0 saturated carbocycles. The summed E-state index contributed by atoms with van der Waals surface area (Å²) in [5.74, 6) is -0.244. The molecule has 1 aromatic carbocycles. The number of aryl methyl sites for hydroxylation is 1. The van der Waals surface area contributed by atoms with Gasteiger partial charge in [0.15, 0.2) is 0 Å². The van der Waals surface area contributed by atoms with Gasteiger partial charge in [-0.3, -0.25) is 14.6 Å². The van der Waals surface area contributed by atoms with E-state index < -0.39 is 23.2 Å². The Morgan fingerprint density at radius 2 is 2.00 bits per heavy atom. The van der Waals surface area contributed by atoms with E-state index in [-0.39, 0.29) is 18.0 Å². The van der Waals surface area contributed by atoms with Crippen molar-refractivity contribution in [1.82, 2.24) is 15.3 Å². The molecule has 1 amide bonds. The molecular formula is C15H16Cl2N4O4. The van der Waals surface area contributed by atoms with Crippen molar-refractivity contribution in [2.24, 2.45) is 0 Å². The van der Waals surface area contributed by atoms with Gasteiger partial charge in [-0.25, -0.2) is 4.79 Å². The van der Waals surface area contributed by atoms with Gasteiger partial charge in [0.05, 0.1) is 11.1 Å². The molecule has 1 atom stereocenters. The van der Waals surface area contributed by atoms with Gasteiger partial charge in [0, 0.05) is 5.02 Å². The molecule has 1 aromatic heterocycles. The van der Waals surface area contributed by atoms with Gasteiger partial charge in [0.1, 0.15) is 23.7 Å². The van der Waals surface area contributed by atoms with Gasteiger partial charge in [-0.2, -0.15) is 0 Å². The molecule has 25 heavy (non-hydrogen) atoms. The highest BCUT2D eigenvalue weighted by molar-refractivity contribution is 6.35. The number of rotatable bonds is 5. The Balaban J connectivity index is 2.06. The van der Waals surface area contributed by atoms with Crippen LogP contribution in [0, 0.1) is 6.92 Å². The summed E-state index contributed by atoms with van der Waals surface area (Å²) in [5.41, 5.74) is 3.93. The third-order valence-electron chi connectivity index (χ3n) is 3.26. The van der Waals surface area contributed by atoms with Crippen LogP contribution in [0.2, 0.25) is 10.0 Å². The standard InChI is InChI=1S/C15H16Cl2N4O4/c1-6-3-8(16)4-9(17)12(6)25-5-7(2)19-14(23)11-10(18)13(22)21-15(24)20-11/h3-4,7H,5,18H2,1-2H3,(H,19,23)(H2,20,21,22,24). The molecule has 2 rings (SSSR count). The van der Waals surface area contributed by atoms with Crippen molar-refractivity contribution >= 4 is 34.8 Å². The van der Waals surface area contributed by atoms with Crippen LogP contribution in [0.4, 0.5) is 5.69 Å². The van der Waals surface area contributed by atoms with Gasteiger partial charge in [0.2, 0.25) is 0 Å². The Morgan fingerprint density at radius 1 is 1.32 bits per heavy atom. The predicted octanol–water partition coefficient (Wildman–Crippen LogP) is 1.46. The number of hydrogen-bond donors (Lipinski definition) is 4. The highest BCUT2D eigenvalue weighted by Gasteiger charge is 2.17. The molecule has 5 N–H and O–H groups in total. The van der Waals surface area contributed by atoms with Gasteiger partial charge in [-0.1, -0.05) is 23.2 Å². The topological polar surface area (TPSA) is 130 Å². The number of anilines is 1. The fourth-order valence-electron chi connectivity index (χ4n) is 2.09. The largest absolute Gasteiger partial charge is 0.490 e. The van der Waals surface area contributed by atoms with Crippen LogP contribution < -0.4 is 27.0 Å². The Bertz CT molecular complexity index is 899. The van der Waals surface area contributed by atoms with E-state index in [9.17, 15) is 14.4 Å². The Kier molecular flexibility index (Phi) is 5.76. The highest BCUT2D eigenvalue weighted by Crippen LogP contribution is 2.31. The van der Waals surface area contributed by atoms with E-state index in [0.29, 0.717) is 15.8 Å². The van der Waals surface area contributed by atoms with E-state index in [4.69, 9.17) is 33.7 Å². The molecule has 0 radical (unpaired) electrons. The Morgan fingerprint density at radius 3 is 2.64 bits per heavy atom. The van der Waals surface area contributed by atoms with E-state index in [0.717, 1.165) is 5.56 Å². The predicted molar refractivity (Wildman–Crippen MR) is 95.7 cm³/mol. The Labute approximate surface area is 152 Å². The van der Waals surface area contributed by atoms with Crippen molar-refractivity contribution in [2.45, 2.75) is 19.9 Å². The van der Waals surface area contributed by atoms with E-state index in [1.165, 1.54) is 0 Å². The summed E-state index contributed by atoms with van der Waals surface area (Å²) in [7, 11) is 0. The molecule has 0 aliphatic heterocycles. The Hall–Kier alpha value is -2.45. The van der Waals surface area contributed by atoms with Crippen LogP contribution in [0.3, 0.4) is 0 Å². The third kappa shape index (κ3) is 4.55. The molecule has 2 aromatic rings. The second-order valence-electron chi connectivity index (χ2n) is 5.42. The quantitative estimate of drug-likeness (QED) is 0.617. The summed E-state index contributed by atoms with van der Waals surface area (Å²) in [5, 5.41) is 3.42. The van der Waals surface area contributed by atoms with Gasteiger partial charge in [0.25, 0.3) is 11.5 Å². The lowest BCUT2D eigenvalue weighted by molar-refractivity contribution is 0.0922. The molecule has 0 aliphatic rings. The van der Waals surface area contributed by atoms with Gasteiger partial charge < -0.3 is 20.8 Å². The molecular weight excluding hydrogens is 371 g/mol. The van der Waals surface area contributed by atoms with Crippen LogP contribution >= 0.6 is 23.2 Å². The summed E-state index contributed by atoms with van der Waals surface area (Å²) in [4.78, 5) is 39.0. The number of nitrogens with one attached hydrogen (secondary N) is 3. The average Bonchev–Trinajstić information content (AvgIpc) is 2.49. The van der Waals surface area contributed by atoms with E-state index in [1.807, 2.05) is 4.98 Å². The van der Waals surface area contributed by atoms with Crippen LogP contribution in [0.25, 0.3) is 0 Å². The number of nitrogens with two attached hydrogens (primary N) is 1. The molecule has 0 saturated heterocycles. The molecule has 10 heteroatoms. The average molecular weight is 387 g/mol. The van der Waals surface area contributed by atoms with Crippen LogP contribution in [0.15, 0.2) is 21.7 Å². The number of carbonyl (C=O) groups is 1. The maximum Gasteiger partial charge on any atom is 0.326 e. The van der Waals surface area contributed by atoms with Gasteiger partial charge >= 0.3 is 5.69 Å². The number of ether oxygens (including phenoxy) is 1. The first-order valence-electron chi connectivity index (χ1n) is 7.20. The molecule has 0 aliphatic carbocycles. The van der Waals surface area contributed by atoms with Gasteiger partial charge in [-0.15, -0.1) is 0 Å². The maximum absolute atomic E-state index is 12.2. The molecule has 0 fully saturated rings. The lowest BCUT2D eigenvalue weighted by atomic mass is 10.2. The minimum Gasteiger partial charge on any atom is -0.490 e. The number of hydrogen-bond acceptors (Lipinski definition) is 5. The van der Waals surface area contributed by atoms with Crippen molar-refractivity contribution in [3.05, 3.63) is 54.3 Å². The molecule has 0 spiro atoms. The van der Waals surface area contributed by atoms with Gasteiger partial charge in [-0.05, 0) is 31.5 Å². The molecule has 134 valence electrons. The van der Waals surface area contributed by atoms with Crippen LogP contribution in [0.1, 0.15) is 23.0 Å². The first-order chi connectivity index (χ1) is 11.7. The first-order valence-corrected chi connectivity index (χ1v) is 7.96. The monoisotopic (exact) mass is 386 g/mol. The third-order valence-corrected chi connectivity index (χ3v) is 3.75. The smallest absolute Gasteiger partial charge is 0.326 e. The fourth-order valence-corrected chi connectivity index (χ4v) is 2.74. The second kappa shape index (κ2) is 7.62. The van der Waals surface area contributed by atoms with E-state index in [2.05, 4.69) is 10.3 Å². The van der Waals surface area contributed by atoms with E-state index in [1.54, 1.807) is 26.0 Å². The lowest BCUT2D eigenvalue weighted by Gasteiger charge is -2.17. The zero-order valence-electron chi connectivity index (χ0n) is 13.4. The summed E-state index contributed by atoms with van der Waals surface area (Å²) in [6.45, 7) is 3.57. The molecule has 8 nitrogen and oxygen atoms in total. The number of H-pyrrole nitrogens is 2. The first kappa shape index (κ1) is 18.9. The second-order valence-corrected chi connectivity index (χ2v) is 6.26. The molecule has 0 bridgehead atoms. The summed E-state index contributed by atoms with van der Waals surface area (Å²) >= 11 is 12.0. The van der Waals surface area contributed by atoms with E-state index >= 15 is 0 Å². The SMILES string of the molecule is Cc1cc(Cl)cc(Cl)c1OCC(C)NC(=O)c1[nH]c(=O)[nH]c(=O)c1N. The molecule has 1 unspecified atom stereocenters. The zero-order valence-corrected chi connectivity index (χ0v) is 14.9.